The van der Waals surface area contributed by atoms with Gasteiger partial charge in [0.25, 0.3) is 5.91 Å². The maximum atomic E-state index is 12.5. The van der Waals surface area contributed by atoms with Crippen LogP contribution in [0.3, 0.4) is 0 Å². The molecule has 0 saturated carbocycles. The summed E-state index contributed by atoms with van der Waals surface area (Å²) in [5.41, 5.74) is 2.97. The zero-order valence-electron chi connectivity index (χ0n) is 17.4. The van der Waals surface area contributed by atoms with Gasteiger partial charge in [0, 0.05) is 17.7 Å². The Morgan fingerprint density at radius 1 is 1.14 bits per heavy atom. The van der Waals surface area contributed by atoms with Crippen molar-refractivity contribution in [3.63, 3.8) is 0 Å². The van der Waals surface area contributed by atoms with Gasteiger partial charge in [-0.3, -0.25) is 9.59 Å². The van der Waals surface area contributed by atoms with E-state index in [1.807, 2.05) is 18.2 Å². The van der Waals surface area contributed by atoms with E-state index in [2.05, 4.69) is 31.1 Å². The largest absolute Gasteiger partial charge is 0.493 e. The van der Waals surface area contributed by atoms with Crippen LogP contribution < -0.4 is 14.8 Å². The molecule has 0 spiro atoms. The summed E-state index contributed by atoms with van der Waals surface area (Å²) < 4.78 is 10.5. The molecule has 1 unspecified atom stereocenters. The average Bonchev–Trinajstić information content (AvgIpc) is 2.66. The van der Waals surface area contributed by atoms with Crippen LogP contribution >= 0.6 is 0 Å². The Hall–Kier alpha value is -3.15. The summed E-state index contributed by atoms with van der Waals surface area (Å²) in [6, 6.07) is 5.34. The molecule has 2 amide bonds. The second-order valence-electron chi connectivity index (χ2n) is 8.07. The standard InChI is InChI=1S/C23H26N2O4/c1-23(2,3)17-13-22(27)25-18-12-15(7-8-16(17)18)24-21(26)11-14-6-9-19(28-4)20(10-14)29-5/h6-10,12-13,16H,11H2,1-5H3,(H,25,27). The third-order valence-electron chi connectivity index (χ3n) is 4.91. The zero-order chi connectivity index (χ0) is 21.2. The minimum Gasteiger partial charge on any atom is -0.493 e. The van der Waals surface area contributed by atoms with Gasteiger partial charge >= 0.3 is 0 Å². The molecule has 1 aromatic carbocycles. The van der Waals surface area contributed by atoms with Gasteiger partial charge in [0.2, 0.25) is 5.91 Å². The van der Waals surface area contributed by atoms with Crippen LogP contribution in [0, 0.1) is 11.3 Å². The highest BCUT2D eigenvalue weighted by molar-refractivity contribution is 6.11. The molecule has 1 aromatic rings. The van der Waals surface area contributed by atoms with Crippen LogP contribution in [0.5, 0.6) is 11.5 Å². The fraction of sp³-hybridized carbons (Fsp3) is 0.348. The van der Waals surface area contributed by atoms with Crippen LogP contribution in [0.4, 0.5) is 0 Å². The Bertz CT molecular complexity index is 962. The first-order chi connectivity index (χ1) is 13.7. The number of hydrogen-bond acceptors (Lipinski definition) is 4. The topological polar surface area (TPSA) is 77.0 Å². The van der Waals surface area contributed by atoms with Crippen LogP contribution in [0.1, 0.15) is 26.3 Å². The van der Waals surface area contributed by atoms with Crippen LogP contribution in [0.25, 0.3) is 0 Å². The third kappa shape index (κ3) is 4.65. The lowest BCUT2D eigenvalue weighted by Gasteiger charge is -2.34. The number of ether oxygens (including phenoxy) is 2. The molecular weight excluding hydrogens is 368 g/mol. The summed E-state index contributed by atoms with van der Waals surface area (Å²) in [7, 11) is 3.12. The van der Waals surface area contributed by atoms with Crippen LogP contribution in [-0.2, 0) is 16.0 Å². The predicted molar refractivity (Wildman–Crippen MR) is 112 cm³/mol. The molecule has 1 N–H and O–H groups in total. The summed E-state index contributed by atoms with van der Waals surface area (Å²) in [6.07, 6.45) is 7.39. The van der Waals surface area contributed by atoms with Gasteiger partial charge in [-0.2, -0.15) is 0 Å². The van der Waals surface area contributed by atoms with Crippen molar-refractivity contribution in [2.24, 2.45) is 16.3 Å². The lowest BCUT2D eigenvalue weighted by Crippen LogP contribution is -2.36. The van der Waals surface area contributed by atoms with Gasteiger partial charge in [0.05, 0.1) is 26.4 Å². The van der Waals surface area contributed by atoms with Crippen molar-refractivity contribution < 1.29 is 19.1 Å². The number of methoxy groups -OCH3 is 2. The molecule has 2 aliphatic rings. The van der Waals surface area contributed by atoms with E-state index in [0.717, 1.165) is 16.8 Å². The molecule has 6 nitrogen and oxygen atoms in total. The third-order valence-corrected chi connectivity index (χ3v) is 4.91. The minimum atomic E-state index is -0.277. The lowest BCUT2D eigenvalue weighted by atomic mass is 9.74. The van der Waals surface area contributed by atoms with Crippen molar-refractivity contribution in [1.82, 2.24) is 5.32 Å². The first kappa shape index (κ1) is 20.6. The van der Waals surface area contributed by atoms with E-state index < -0.39 is 0 Å². The maximum Gasteiger partial charge on any atom is 0.250 e. The van der Waals surface area contributed by atoms with Crippen molar-refractivity contribution in [3.05, 3.63) is 59.3 Å². The highest BCUT2D eigenvalue weighted by atomic mass is 16.5. The van der Waals surface area contributed by atoms with Crippen molar-refractivity contribution in [1.29, 1.82) is 0 Å². The molecule has 3 rings (SSSR count). The molecule has 0 saturated heterocycles. The minimum absolute atomic E-state index is 0.00685. The van der Waals surface area contributed by atoms with E-state index in [4.69, 9.17) is 9.47 Å². The number of hydrogen-bond donors (Lipinski definition) is 1. The second-order valence-corrected chi connectivity index (χ2v) is 8.07. The SMILES string of the molecule is COc1ccc(CC(=O)N=C2C=CC3C(=C2)NC(=O)C=C3C(C)(C)C)cc1OC. The summed E-state index contributed by atoms with van der Waals surface area (Å²) in [4.78, 5) is 28.7. The number of carbonyl (C=O) groups excluding carboxylic acids is 2. The van der Waals surface area contributed by atoms with E-state index in [0.29, 0.717) is 17.2 Å². The molecule has 1 aliphatic heterocycles. The number of carbonyl (C=O) groups is 2. The highest BCUT2D eigenvalue weighted by Gasteiger charge is 2.32. The van der Waals surface area contributed by atoms with Gasteiger partial charge in [-0.1, -0.05) is 32.9 Å². The number of allylic oxidation sites excluding steroid dienone is 3. The molecule has 0 aromatic heterocycles. The van der Waals surface area contributed by atoms with E-state index >= 15 is 0 Å². The van der Waals surface area contributed by atoms with E-state index in [1.165, 1.54) is 0 Å². The van der Waals surface area contributed by atoms with Crippen LogP contribution in [0.2, 0.25) is 0 Å². The number of benzene rings is 1. The van der Waals surface area contributed by atoms with Gasteiger partial charge in [-0.15, -0.1) is 0 Å². The zero-order valence-corrected chi connectivity index (χ0v) is 17.4. The number of nitrogens with one attached hydrogen (secondary N) is 1. The van der Waals surface area contributed by atoms with Gasteiger partial charge in [0.1, 0.15) is 0 Å². The van der Waals surface area contributed by atoms with Crippen molar-refractivity contribution in [2.75, 3.05) is 14.2 Å². The molecule has 29 heavy (non-hydrogen) atoms. The fourth-order valence-electron chi connectivity index (χ4n) is 3.49. The highest BCUT2D eigenvalue weighted by Crippen LogP contribution is 2.38. The molecule has 0 fully saturated rings. The summed E-state index contributed by atoms with van der Waals surface area (Å²) >= 11 is 0. The normalized spacial score (nSPS) is 19.8. The van der Waals surface area contributed by atoms with Crippen LogP contribution in [-0.4, -0.2) is 31.7 Å². The Morgan fingerprint density at radius 3 is 2.52 bits per heavy atom. The number of fused-ring (bicyclic) bond motifs is 1. The van der Waals surface area contributed by atoms with Crippen molar-refractivity contribution in [3.8, 4) is 11.5 Å². The molecule has 152 valence electrons. The molecule has 0 bridgehead atoms. The first-order valence-corrected chi connectivity index (χ1v) is 9.46. The molecule has 1 aliphatic carbocycles. The number of aliphatic imine (C=N–C) groups is 1. The maximum absolute atomic E-state index is 12.5. The fourth-order valence-corrected chi connectivity index (χ4v) is 3.49. The van der Waals surface area contributed by atoms with Gasteiger partial charge in [-0.05, 0) is 40.8 Å². The molecule has 1 heterocycles. The Balaban J connectivity index is 1.78. The second kappa shape index (κ2) is 8.07. The Morgan fingerprint density at radius 2 is 1.86 bits per heavy atom. The van der Waals surface area contributed by atoms with E-state index in [1.54, 1.807) is 38.5 Å². The average molecular weight is 394 g/mol. The molecule has 0 radical (unpaired) electrons. The van der Waals surface area contributed by atoms with Gasteiger partial charge < -0.3 is 14.8 Å². The van der Waals surface area contributed by atoms with E-state index in [-0.39, 0.29) is 29.6 Å². The summed E-state index contributed by atoms with van der Waals surface area (Å²) in [5, 5.41) is 2.87. The van der Waals surface area contributed by atoms with E-state index in [9.17, 15) is 9.59 Å². The van der Waals surface area contributed by atoms with Gasteiger partial charge in [-0.25, -0.2) is 4.99 Å². The first-order valence-electron chi connectivity index (χ1n) is 9.46. The Kier molecular flexibility index (Phi) is 5.73. The molecule has 1 atom stereocenters. The predicted octanol–water partition coefficient (Wildman–Crippen LogP) is 3.39. The lowest BCUT2D eigenvalue weighted by molar-refractivity contribution is -0.117. The molecule has 6 heteroatoms. The van der Waals surface area contributed by atoms with Gasteiger partial charge in [0.15, 0.2) is 11.5 Å². The quantitative estimate of drug-likeness (QED) is 0.849. The number of rotatable bonds is 4. The smallest absolute Gasteiger partial charge is 0.250 e. The Labute approximate surface area is 171 Å². The number of amides is 2. The van der Waals surface area contributed by atoms with Crippen LogP contribution in [0.15, 0.2) is 58.8 Å². The van der Waals surface area contributed by atoms with Crippen molar-refractivity contribution in [2.45, 2.75) is 27.2 Å². The van der Waals surface area contributed by atoms with Crippen molar-refractivity contribution >= 4 is 17.5 Å². The monoisotopic (exact) mass is 394 g/mol. The summed E-state index contributed by atoms with van der Waals surface area (Å²) in [6.45, 7) is 6.25. The molecular formula is C23H26N2O4. The number of nitrogens with zero attached hydrogens (tertiary/aromatic N) is 1. The summed E-state index contributed by atoms with van der Waals surface area (Å²) in [5.74, 6) is 0.744.